The van der Waals surface area contributed by atoms with Crippen molar-refractivity contribution in [1.82, 2.24) is 10.6 Å². The minimum atomic E-state index is 0.226. The lowest BCUT2D eigenvalue weighted by atomic mass is 9.99. The Kier molecular flexibility index (Phi) is 5.81. The van der Waals surface area contributed by atoms with Crippen molar-refractivity contribution in [3.8, 4) is 0 Å². The summed E-state index contributed by atoms with van der Waals surface area (Å²) in [5.41, 5.74) is 0. The molecule has 1 aliphatic heterocycles. The van der Waals surface area contributed by atoms with E-state index in [4.69, 9.17) is 0 Å². The second kappa shape index (κ2) is 6.89. The Morgan fingerprint density at radius 2 is 2.25 bits per heavy atom. The van der Waals surface area contributed by atoms with Crippen molar-refractivity contribution in [3.63, 3.8) is 0 Å². The molecule has 0 aliphatic carbocycles. The van der Waals surface area contributed by atoms with Gasteiger partial charge in [0.25, 0.3) is 0 Å². The van der Waals surface area contributed by atoms with Gasteiger partial charge in [0.2, 0.25) is 5.91 Å². The highest BCUT2D eigenvalue weighted by molar-refractivity contribution is 5.76. The molecule has 3 heteroatoms. The SMILES string of the molecule is CCC(C)CC(C)NC(=O)CC1CCNC1. The molecule has 16 heavy (non-hydrogen) atoms. The summed E-state index contributed by atoms with van der Waals surface area (Å²) in [5.74, 6) is 1.48. The predicted molar refractivity (Wildman–Crippen MR) is 67.3 cm³/mol. The fraction of sp³-hybridized carbons (Fsp3) is 0.923. The van der Waals surface area contributed by atoms with Gasteiger partial charge in [-0.2, -0.15) is 0 Å². The van der Waals surface area contributed by atoms with Crippen LogP contribution in [0.5, 0.6) is 0 Å². The van der Waals surface area contributed by atoms with Gasteiger partial charge in [-0.25, -0.2) is 0 Å². The van der Waals surface area contributed by atoms with E-state index in [9.17, 15) is 4.79 Å². The second-order valence-corrected chi connectivity index (χ2v) is 5.28. The van der Waals surface area contributed by atoms with E-state index in [1.165, 1.54) is 6.42 Å². The summed E-state index contributed by atoms with van der Waals surface area (Å²) in [7, 11) is 0. The number of hydrogen-bond donors (Lipinski definition) is 2. The summed E-state index contributed by atoms with van der Waals surface area (Å²) >= 11 is 0. The molecule has 0 spiro atoms. The molecule has 1 aliphatic rings. The molecule has 1 amide bonds. The molecule has 1 rings (SSSR count). The Morgan fingerprint density at radius 3 is 2.81 bits per heavy atom. The van der Waals surface area contributed by atoms with E-state index in [0.717, 1.165) is 25.9 Å². The highest BCUT2D eigenvalue weighted by atomic mass is 16.1. The quantitative estimate of drug-likeness (QED) is 0.726. The van der Waals surface area contributed by atoms with Crippen molar-refractivity contribution in [3.05, 3.63) is 0 Å². The molecule has 3 atom stereocenters. The standard InChI is InChI=1S/C13H26N2O/c1-4-10(2)7-11(3)15-13(16)8-12-5-6-14-9-12/h10-12,14H,4-9H2,1-3H3,(H,15,16). The van der Waals surface area contributed by atoms with E-state index in [2.05, 4.69) is 31.4 Å². The summed E-state index contributed by atoms with van der Waals surface area (Å²) in [6.45, 7) is 8.62. The van der Waals surface area contributed by atoms with Gasteiger partial charge < -0.3 is 10.6 Å². The molecule has 1 saturated heterocycles. The minimum absolute atomic E-state index is 0.226. The van der Waals surface area contributed by atoms with E-state index in [1.807, 2.05) is 0 Å². The highest BCUT2D eigenvalue weighted by Crippen LogP contribution is 2.13. The Bertz CT molecular complexity index is 212. The van der Waals surface area contributed by atoms with Crippen LogP contribution >= 0.6 is 0 Å². The summed E-state index contributed by atoms with van der Waals surface area (Å²) in [6.07, 6.45) is 4.11. The van der Waals surface area contributed by atoms with Crippen molar-refractivity contribution in [1.29, 1.82) is 0 Å². The van der Waals surface area contributed by atoms with Gasteiger partial charge in [-0.3, -0.25) is 4.79 Å². The lowest BCUT2D eigenvalue weighted by molar-refractivity contribution is -0.122. The van der Waals surface area contributed by atoms with Crippen LogP contribution in [0.25, 0.3) is 0 Å². The van der Waals surface area contributed by atoms with Gasteiger partial charge >= 0.3 is 0 Å². The van der Waals surface area contributed by atoms with Crippen molar-refractivity contribution >= 4 is 5.91 Å². The van der Waals surface area contributed by atoms with Crippen LogP contribution in [0.15, 0.2) is 0 Å². The monoisotopic (exact) mass is 226 g/mol. The smallest absolute Gasteiger partial charge is 0.220 e. The van der Waals surface area contributed by atoms with Crippen molar-refractivity contribution in [2.45, 2.75) is 52.5 Å². The van der Waals surface area contributed by atoms with Crippen LogP contribution < -0.4 is 10.6 Å². The highest BCUT2D eigenvalue weighted by Gasteiger charge is 2.19. The van der Waals surface area contributed by atoms with Crippen LogP contribution in [0.3, 0.4) is 0 Å². The van der Waals surface area contributed by atoms with E-state index >= 15 is 0 Å². The molecule has 1 heterocycles. The third kappa shape index (κ3) is 4.97. The first kappa shape index (κ1) is 13.5. The summed E-state index contributed by atoms with van der Waals surface area (Å²) in [4.78, 5) is 11.7. The second-order valence-electron chi connectivity index (χ2n) is 5.28. The van der Waals surface area contributed by atoms with Gasteiger partial charge in [-0.15, -0.1) is 0 Å². The lowest BCUT2D eigenvalue weighted by Crippen LogP contribution is -2.35. The van der Waals surface area contributed by atoms with Gasteiger partial charge in [0.1, 0.15) is 0 Å². The molecule has 3 unspecified atom stereocenters. The number of rotatable bonds is 6. The molecule has 0 aromatic heterocycles. The normalized spacial score (nSPS) is 24.1. The van der Waals surface area contributed by atoms with Gasteiger partial charge in [0.15, 0.2) is 0 Å². The van der Waals surface area contributed by atoms with Crippen LogP contribution in [0.4, 0.5) is 0 Å². The number of amides is 1. The third-order valence-corrected chi connectivity index (χ3v) is 3.50. The number of carbonyl (C=O) groups excluding carboxylic acids is 1. The largest absolute Gasteiger partial charge is 0.354 e. The van der Waals surface area contributed by atoms with E-state index in [1.54, 1.807) is 0 Å². The van der Waals surface area contributed by atoms with E-state index in [0.29, 0.717) is 24.3 Å². The molecule has 0 aromatic carbocycles. The number of carbonyl (C=O) groups is 1. The Morgan fingerprint density at radius 1 is 1.50 bits per heavy atom. The van der Waals surface area contributed by atoms with E-state index in [-0.39, 0.29) is 5.91 Å². The maximum atomic E-state index is 11.7. The molecule has 0 saturated carbocycles. The van der Waals surface area contributed by atoms with Gasteiger partial charge in [-0.1, -0.05) is 20.3 Å². The molecular formula is C13H26N2O. The Labute approximate surface area is 99.4 Å². The van der Waals surface area contributed by atoms with Crippen LogP contribution in [-0.2, 0) is 4.79 Å². The molecule has 1 fully saturated rings. The first-order valence-corrected chi connectivity index (χ1v) is 6.61. The summed E-state index contributed by atoms with van der Waals surface area (Å²) in [5, 5.41) is 6.40. The zero-order valence-corrected chi connectivity index (χ0v) is 10.9. The Hall–Kier alpha value is -0.570. The number of nitrogens with one attached hydrogen (secondary N) is 2. The van der Waals surface area contributed by atoms with Gasteiger partial charge in [0, 0.05) is 12.5 Å². The maximum Gasteiger partial charge on any atom is 0.220 e. The van der Waals surface area contributed by atoms with E-state index < -0.39 is 0 Å². The molecule has 0 radical (unpaired) electrons. The van der Waals surface area contributed by atoms with Crippen molar-refractivity contribution < 1.29 is 4.79 Å². The van der Waals surface area contributed by atoms with Gasteiger partial charge in [-0.05, 0) is 44.7 Å². The molecule has 0 aromatic rings. The average Bonchev–Trinajstić information content (AvgIpc) is 2.69. The number of hydrogen-bond acceptors (Lipinski definition) is 2. The first-order chi connectivity index (χ1) is 7.61. The molecule has 2 N–H and O–H groups in total. The van der Waals surface area contributed by atoms with Crippen molar-refractivity contribution in [2.24, 2.45) is 11.8 Å². The summed E-state index contributed by atoms with van der Waals surface area (Å²) in [6, 6.07) is 0.316. The fourth-order valence-electron chi connectivity index (χ4n) is 2.31. The average molecular weight is 226 g/mol. The van der Waals surface area contributed by atoms with Crippen LogP contribution in [0.2, 0.25) is 0 Å². The molecular weight excluding hydrogens is 200 g/mol. The first-order valence-electron chi connectivity index (χ1n) is 6.61. The third-order valence-electron chi connectivity index (χ3n) is 3.50. The molecule has 3 nitrogen and oxygen atoms in total. The van der Waals surface area contributed by atoms with Gasteiger partial charge in [0.05, 0.1) is 0 Å². The zero-order chi connectivity index (χ0) is 12.0. The van der Waals surface area contributed by atoms with Crippen LogP contribution in [0, 0.1) is 11.8 Å². The topological polar surface area (TPSA) is 41.1 Å². The minimum Gasteiger partial charge on any atom is -0.354 e. The zero-order valence-electron chi connectivity index (χ0n) is 10.9. The summed E-state index contributed by atoms with van der Waals surface area (Å²) < 4.78 is 0. The van der Waals surface area contributed by atoms with Crippen molar-refractivity contribution in [2.75, 3.05) is 13.1 Å². The fourth-order valence-corrected chi connectivity index (χ4v) is 2.31. The maximum absolute atomic E-state index is 11.7. The Balaban J connectivity index is 2.17. The predicted octanol–water partition coefficient (Wildman–Crippen LogP) is 1.93. The lowest BCUT2D eigenvalue weighted by Gasteiger charge is -2.18. The van der Waals surface area contributed by atoms with Crippen LogP contribution in [0.1, 0.15) is 46.5 Å². The molecule has 0 bridgehead atoms. The molecule has 94 valence electrons. The van der Waals surface area contributed by atoms with Crippen LogP contribution in [-0.4, -0.2) is 25.0 Å².